The number of carbonyl (C=O) groups excluding carboxylic acids is 3. The zero-order valence-corrected chi connectivity index (χ0v) is 19.7. The van der Waals surface area contributed by atoms with Crippen molar-refractivity contribution in [3.8, 4) is 0 Å². The number of carbonyl (C=O) groups is 3. The van der Waals surface area contributed by atoms with Crippen LogP contribution in [0.3, 0.4) is 0 Å². The van der Waals surface area contributed by atoms with Crippen LogP contribution < -0.4 is 10.6 Å². The Labute approximate surface area is 207 Å². The van der Waals surface area contributed by atoms with Gasteiger partial charge in [0.05, 0.1) is 5.56 Å². The van der Waals surface area contributed by atoms with Crippen molar-refractivity contribution in [1.82, 2.24) is 20.5 Å². The van der Waals surface area contributed by atoms with Crippen LogP contribution in [0.1, 0.15) is 52.1 Å². The molecule has 186 valence electrons. The van der Waals surface area contributed by atoms with Crippen LogP contribution in [-0.2, 0) is 11.2 Å². The topological polar surface area (TPSA) is 116 Å². The summed E-state index contributed by atoms with van der Waals surface area (Å²) in [4.78, 5) is 43.3. The van der Waals surface area contributed by atoms with E-state index in [9.17, 15) is 18.8 Å². The Morgan fingerprint density at radius 1 is 1.17 bits per heavy atom. The van der Waals surface area contributed by atoms with Gasteiger partial charge in [0.1, 0.15) is 17.6 Å². The first-order valence-corrected chi connectivity index (χ1v) is 12.2. The summed E-state index contributed by atoms with van der Waals surface area (Å²) in [6.45, 7) is 1.59. The molecule has 0 saturated carbocycles. The molecule has 3 aliphatic rings. The van der Waals surface area contributed by atoms with Gasteiger partial charge in [-0.2, -0.15) is 5.11 Å². The number of benzene rings is 1. The van der Waals surface area contributed by atoms with E-state index >= 15 is 0 Å². The van der Waals surface area contributed by atoms with E-state index in [1.165, 1.54) is 6.07 Å². The lowest BCUT2D eigenvalue weighted by Crippen LogP contribution is -2.46. The maximum absolute atomic E-state index is 14.7. The van der Waals surface area contributed by atoms with E-state index in [4.69, 9.17) is 0 Å². The Morgan fingerprint density at radius 2 is 2.00 bits per heavy atom. The van der Waals surface area contributed by atoms with E-state index in [2.05, 4.69) is 25.8 Å². The van der Waals surface area contributed by atoms with Crippen LogP contribution in [0.15, 0.2) is 64.1 Å². The second kappa shape index (κ2) is 10.3. The first-order valence-electron chi connectivity index (χ1n) is 12.2. The fraction of sp³-hybridized carbons (Fsp3) is 0.385. The molecule has 36 heavy (non-hydrogen) atoms. The summed E-state index contributed by atoms with van der Waals surface area (Å²) < 4.78 is 14.7. The average molecular weight is 491 g/mol. The summed E-state index contributed by atoms with van der Waals surface area (Å²) >= 11 is 0. The second-order valence-electron chi connectivity index (χ2n) is 9.23. The molecule has 3 aliphatic heterocycles. The van der Waals surface area contributed by atoms with Crippen molar-refractivity contribution < 1.29 is 18.8 Å². The number of aromatic nitrogens is 1. The first-order chi connectivity index (χ1) is 17.5. The summed E-state index contributed by atoms with van der Waals surface area (Å²) in [5.74, 6) is -1.50. The first kappa shape index (κ1) is 23.8. The van der Waals surface area contributed by atoms with Crippen molar-refractivity contribution in [2.45, 2.75) is 44.2 Å². The van der Waals surface area contributed by atoms with Gasteiger partial charge in [0.15, 0.2) is 0 Å². The summed E-state index contributed by atoms with van der Waals surface area (Å²) in [7, 11) is 0. The zero-order chi connectivity index (χ0) is 25.1. The van der Waals surface area contributed by atoms with Crippen LogP contribution in [0.25, 0.3) is 0 Å². The van der Waals surface area contributed by atoms with Crippen molar-refractivity contribution in [1.29, 1.82) is 0 Å². The Morgan fingerprint density at radius 3 is 2.78 bits per heavy atom. The van der Waals surface area contributed by atoms with Gasteiger partial charge in [0.2, 0.25) is 0 Å². The highest BCUT2D eigenvalue weighted by atomic mass is 19.1. The summed E-state index contributed by atoms with van der Waals surface area (Å²) in [6, 6.07) is 9.23. The minimum atomic E-state index is -0.578. The lowest BCUT2D eigenvalue weighted by atomic mass is 9.93. The fourth-order valence-corrected chi connectivity index (χ4v) is 4.89. The van der Waals surface area contributed by atoms with E-state index in [1.807, 2.05) is 0 Å². The molecule has 4 heterocycles. The number of halogens is 1. The largest absolute Gasteiger partial charge is 0.386 e. The Balaban J connectivity index is 1.22. The Bertz CT molecular complexity index is 1240. The molecular weight excluding hydrogens is 463 g/mol. The molecule has 0 spiro atoms. The van der Waals surface area contributed by atoms with Crippen LogP contribution >= 0.6 is 0 Å². The lowest BCUT2D eigenvalue weighted by Gasteiger charge is -2.32. The van der Waals surface area contributed by atoms with Crippen LogP contribution in [-0.4, -0.2) is 59.3 Å². The second-order valence-corrected chi connectivity index (χ2v) is 9.23. The molecule has 1 saturated heterocycles. The van der Waals surface area contributed by atoms with Gasteiger partial charge in [0.25, 0.3) is 17.7 Å². The van der Waals surface area contributed by atoms with Crippen molar-refractivity contribution in [2.75, 3.05) is 19.6 Å². The molecule has 2 aromatic rings. The number of amides is 3. The van der Waals surface area contributed by atoms with Crippen molar-refractivity contribution in [2.24, 2.45) is 10.2 Å². The zero-order valence-electron chi connectivity index (χ0n) is 19.7. The smallest absolute Gasteiger partial charge is 0.292 e. The van der Waals surface area contributed by atoms with Gasteiger partial charge in [0, 0.05) is 49.6 Å². The van der Waals surface area contributed by atoms with Gasteiger partial charge in [-0.05, 0) is 55.5 Å². The van der Waals surface area contributed by atoms with Gasteiger partial charge in [-0.25, -0.2) is 4.39 Å². The molecular formula is C26H27FN6O3. The van der Waals surface area contributed by atoms with Crippen molar-refractivity contribution in [3.05, 3.63) is 76.5 Å². The number of piperidine rings is 1. The quantitative estimate of drug-likeness (QED) is 0.669. The van der Waals surface area contributed by atoms with Gasteiger partial charge in [-0.15, -0.1) is 5.11 Å². The number of rotatable bonds is 5. The number of hydrogen-bond donors (Lipinski definition) is 2. The summed E-state index contributed by atoms with van der Waals surface area (Å²) in [5, 5.41) is 14.2. The number of pyridine rings is 1. The molecule has 1 aromatic carbocycles. The molecule has 2 N–H and O–H groups in total. The maximum atomic E-state index is 14.7. The number of azo groups is 1. The molecule has 3 amide bonds. The van der Waals surface area contributed by atoms with E-state index < -0.39 is 5.82 Å². The van der Waals surface area contributed by atoms with E-state index in [-0.39, 0.29) is 35.4 Å². The van der Waals surface area contributed by atoms with E-state index in [0.29, 0.717) is 50.0 Å². The SMILES string of the molecule is O=C1N=NC(Cc2ccc(F)c(C(=O)N3CCC(NC(=O)c4ccccn4)CC3)c2)C2=C1CCCN2. The standard InChI is InChI=1S/C26H27FN6O3/c27-20-7-6-16(15-22-23-18(4-3-11-29-23)24(34)32-31-22)14-19(20)26(36)33-12-8-17(9-13-33)30-25(35)21-5-1-2-10-28-21/h1-2,5-7,10,14,17,22,29H,3-4,8-9,11-13,15H2,(H,30,35). The highest BCUT2D eigenvalue weighted by Gasteiger charge is 2.30. The molecule has 0 radical (unpaired) electrons. The number of hydrogen-bond acceptors (Lipinski definition) is 6. The number of nitrogens with zero attached hydrogens (tertiary/aromatic N) is 4. The van der Waals surface area contributed by atoms with E-state index in [0.717, 1.165) is 24.2 Å². The Hall–Kier alpha value is -3.95. The maximum Gasteiger partial charge on any atom is 0.292 e. The lowest BCUT2D eigenvalue weighted by molar-refractivity contribution is -0.115. The Kier molecular flexibility index (Phi) is 6.84. The highest BCUT2D eigenvalue weighted by Crippen LogP contribution is 2.27. The molecule has 5 rings (SSSR count). The van der Waals surface area contributed by atoms with Gasteiger partial charge in [-0.3, -0.25) is 19.4 Å². The molecule has 0 bridgehead atoms. The van der Waals surface area contributed by atoms with Crippen molar-refractivity contribution in [3.63, 3.8) is 0 Å². The third-order valence-electron chi connectivity index (χ3n) is 6.83. The molecule has 9 nitrogen and oxygen atoms in total. The monoisotopic (exact) mass is 490 g/mol. The summed E-state index contributed by atoms with van der Waals surface area (Å²) in [6.07, 6.45) is 4.66. The molecule has 1 fully saturated rings. The van der Waals surface area contributed by atoms with Crippen LogP contribution in [0.4, 0.5) is 4.39 Å². The molecule has 10 heteroatoms. The van der Waals surface area contributed by atoms with Gasteiger partial charge in [-0.1, -0.05) is 12.1 Å². The van der Waals surface area contributed by atoms with Gasteiger partial charge >= 0.3 is 0 Å². The molecule has 0 aliphatic carbocycles. The molecule has 1 unspecified atom stereocenters. The van der Waals surface area contributed by atoms with Gasteiger partial charge < -0.3 is 15.5 Å². The third kappa shape index (κ3) is 5.02. The minimum absolute atomic E-state index is 0.0121. The fourth-order valence-electron chi connectivity index (χ4n) is 4.89. The average Bonchev–Trinajstić information content (AvgIpc) is 2.92. The minimum Gasteiger partial charge on any atom is -0.386 e. The predicted molar refractivity (Wildman–Crippen MR) is 129 cm³/mol. The normalized spacial score (nSPS) is 20.1. The van der Waals surface area contributed by atoms with Crippen LogP contribution in [0.5, 0.6) is 0 Å². The summed E-state index contributed by atoms with van der Waals surface area (Å²) in [5.41, 5.74) is 2.56. The molecule has 1 aromatic heterocycles. The number of likely N-dealkylation sites (tertiary alicyclic amines) is 1. The highest BCUT2D eigenvalue weighted by molar-refractivity contribution is 5.96. The van der Waals surface area contributed by atoms with Crippen LogP contribution in [0.2, 0.25) is 0 Å². The molecule has 1 atom stereocenters. The van der Waals surface area contributed by atoms with Crippen molar-refractivity contribution >= 4 is 17.7 Å². The third-order valence-corrected chi connectivity index (χ3v) is 6.83. The van der Waals surface area contributed by atoms with Crippen LogP contribution in [0, 0.1) is 5.82 Å². The predicted octanol–water partition coefficient (Wildman–Crippen LogP) is 2.80. The number of nitrogens with one attached hydrogen (secondary N) is 2. The van der Waals surface area contributed by atoms with E-state index in [1.54, 1.807) is 41.4 Å².